The molecule has 1 aliphatic rings. The van der Waals surface area contributed by atoms with Gasteiger partial charge in [0.15, 0.2) is 5.75 Å². The molecular formula is C17H18FN5O3S. The van der Waals surface area contributed by atoms with Crippen molar-refractivity contribution in [2.24, 2.45) is 5.73 Å². The van der Waals surface area contributed by atoms with Crippen LogP contribution < -0.4 is 27.6 Å². The van der Waals surface area contributed by atoms with Crippen LogP contribution in [0.2, 0.25) is 0 Å². The Morgan fingerprint density at radius 3 is 2.67 bits per heavy atom. The molecule has 8 nitrogen and oxygen atoms in total. The zero-order chi connectivity index (χ0) is 19.5. The van der Waals surface area contributed by atoms with E-state index < -0.39 is 17.1 Å². The molecule has 10 heteroatoms. The van der Waals surface area contributed by atoms with Gasteiger partial charge in [0.1, 0.15) is 16.3 Å². The molecule has 0 spiro atoms. The van der Waals surface area contributed by atoms with Crippen molar-refractivity contribution >= 4 is 22.2 Å². The Morgan fingerprint density at radius 1 is 1.41 bits per heavy atom. The lowest BCUT2D eigenvalue weighted by atomic mass is 10.1. The highest BCUT2D eigenvalue weighted by molar-refractivity contribution is 7.10. The van der Waals surface area contributed by atoms with Crippen LogP contribution in [0.3, 0.4) is 0 Å². The van der Waals surface area contributed by atoms with E-state index in [1.807, 2.05) is 0 Å². The molecular weight excluding hydrogens is 373 g/mol. The van der Waals surface area contributed by atoms with Gasteiger partial charge < -0.3 is 16.3 Å². The largest absolute Gasteiger partial charge is 0.494 e. The second kappa shape index (κ2) is 6.17. The smallest absolute Gasteiger partial charge is 0.350 e. The summed E-state index contributed by atoms with van der Waals surface area (Å²) in [5, 5.41) is 2.31. The molecule has 0 amide bonds. The lowest BCUT2D eigenvalue weighted by molar-refractivity contribution is 0.414. The molecule has 1 atom stereocenters. The molecule has 4 N–H and O–H groups in total. The molecule has 0 bridgehead atoms. The van der Waals surface area contributed by atoms with Gasteiger partial charge in [-0.25, -0.2) is 14.2 Å². The maximum Gasteiger partial charge on any atom is 0.350 e. The second-order valence-electron chi connectivity index (χ2n) is 6.58. The molecule has 0 radical (unpaired) electrons. The van der Waals surface area contributed by atoms with Gasteiger partial charge in [0.05, 0.1) is 29.8 Å². The Bertz CT molecular complexity index is 1180. The number of ether oxygens (including phenoxy) is 1. The molecule has 27 heavy (non-hydrogen) atoms. The van der Waals surface area contributed by atoms with Crippen LogP contribution in [0.5, 0.6) is 5.75 Å². The number of aromatic nitrogens is 3. The van der Waals surface area contributed by atoms with E-state index in [1.54, 1.807) is 12.3 Å². The molecule has 2 heterocycles. The Labute approximate surface area is 156 Å². The molecule has 1 fully saturated rings. The van der Waals surface area contributed by atoms with E-state index in [4.69, 9.17) is 16.3 Å². The predicted molar refractivity (Wildman–Crippen MR) is 101 cm³/mol. The highest BCUT2D eigenvalue weighted by Crippen LogP contribution is 2.42. The molecule has 142 valence electrons. The van der Waals surface area contributed by atoms with Crippen molar-refractivity contribution in [2.45, 2.75) is 31.8 Å². The van der Waals surface area contributed by atoms with Crippen molar-refractivity contribution in [2.75, 3.05) is 13.0 Å². The number of nitrogen functional groups attached to an aromatic ring is 1. The summed E-state index contributed by atoms with van der Waals surface area (Å²) >= 11 is 1.30. The van der Waals surface area contributed by atoms with E-state index in [0.717, 1.165) is 18.9 Å². The second-order valence-corrected chi connectivity index (χ2v) is 7.47. The van der Waals surface area contributed by atoms with E-state index in [2.05, 4.69) is 4.98 Å². The van der Waals surface area contributed by atoms with Gasteiger partial charge in [-0.1, -0.05) is 0 Å². The summed E-state index contributed by atoms with van der Waals surface area (Å²) in [7, 11) is 1.37. The first-order chi connectivity index (χ1) is 12.8. The Hall–Kier alpha value is -2.72. The first-order valence-corrected chi connectivity index (χ1v) is 9.27. The van der Waals surface area contributed by atoms with Gasteiger partial charge in [-0.2, -0.15) is 4.68 Å². The molecule has 3 aromatic rings. The summed E-state index contributed by atoms with van der Waals surface area (Å²) in [5.74, 6) is 5.03. The average molecular weight is 391 g/mol. The van der Waals surface area contributed by atoms with E-state index in [9.17, 15) is 9.59 Å². The van der Waals surface area contributed by atoms with E-state index in [-0.39, 0.29) is 34.3 Å². The van der Waals surface area contributed by atoms with Crippen molar-refractivity contribution in [3.8, 4) is 17.0 Å². The maximum absolute atomic E-state index is 15.0. The summed E-state index contributed by atoms with van der Waals surface area (Å²) in [6.07, 6.45) is 1.54. The number of rotatable bonds is 4. The van der Waals surface area contributed by atoms with Crippen molar-refractivity contribution in [1.82, 2.24) is 14.2 Å². The minimum Gasteiger partial charge on any atom is -0.494 e. The number of hydrogen-bond acceptors (Lipinski definition) is 7. The maximum atomic E-state index is 15.0. The Balaban J connectivity index is 2.14. The van der Waals surface area contributed by atoms with E-state index in [0.29, 0.717) is 15.4 Å². The van der Waals surface area contributed by atoms with Crippen LogP contribution >= 0.6 is 11.3 Å². The standard InChI is InChI=1S/C17H18FN5O3S/c1-7(19)15-21-11(6-27-15)12-10(18)5-9-13(14(12)26-2)22(8-3-4-8)17(25)23(20)16(9)24/h5-8H,3-4,19-20H2,1-2H3. The number of hydrogen-bond donors (Lipinski definition) is 2. The monoisotopic (exact) mass is 391 g/mol. The van der Waals surface area contributed by atoms with Gasteiger partial charge in [0.2, 0.25) is 0 Å². The van der Waals surface area contributed by atoms with Crippen LogP contribution in [0.15, 0.2) is 21.0 Å². The van der Waals surface area contributed by atoms with Crippen molar-refractivity contribution in [3.05, 3.63) is 43.1 Å². The lowest BCUT2D eigenvalue weighted by Gasteiger charge is -2.17. The first-order valence-electron chi connectivity index (χ1n) is 8.39. The van der Waals surface area contributed by atoms with Crippen LogP contribution in [-0.4, -0.2) is 21.3 Å². The fourth-order valence-corrected chi connectivity index (χ4v) is 3.94. The molecule has 1 aromatic carbocycles. The first kappa shape index (κ1) is 17.7. The van der Waals surface area contributed by atoms with Gasteiger partial charge in [-0.05, 0) is 25.8 Å². The molecule has 1 unspecified atom stereocenters. The number of halogens is 1. The third-order valence-electron chi connectivity index (χ3n) is 4.59. The van der Waals surface area contributed by atoms with Gasteiger partial charge in [0.25, 0.3) is 5.56 Å². The Morgan fingerprint density at radius 2 is 2.11 bits per heavy atom. The summed E-state index contributed by atoms with van der Waals surface area (Å²) in [6, 6.07) is 0.687. The molecule has 2 aromatic heterocycles. The number of nitrogens with two attached hydrogens (primary N) is 2. The molecule has 1 saturated carbocycles. The number of methoxy groups -OCH3 is 1. The number of nitrogens with zero attached hydrogens (tertiary/aromatic N) is 3. The quantitative estimate of drug-likeness (QED) is 0.651. The predicted octanol–water partition coefficient (Wildman–Crippen LogP) is 1.50. The summed E-state index contributed by atoms with van der Waals surface area (Å²) in [6.45, 7) is 1.78. The normalized spacial score (nSPS) is 15.3. The fourth-order valence-electron chi connectivity index (χ4n) is 3.17. The van der Waals surface area contributed by atoms with Crippen LogP contribution in [0, 0.1) is 5.82 Å². The molecule has 0 saturated heterocycles. The zero-order valence-corrected chi connectivity index (χ0v) is 15.5. The third-order valence-corrected chi connectivity index (χ3v) is 5.64. The van der Waals surface area contributed by atoms with Gasteiger partial charge in [0, 0.05) is 11.4 Å². The minimum atomic E-state index is -0.773. The minimum absolute atomic E-state index is 0.00949. The average Bonchev–Trinajstić information content (AvgIpc) is 3.35. The number of fused-ring (bicyclic) bond motifs is 1. The lowest BCUT2D eigenvalue weighted by Crippen LogP contribution is -2.44. The molecule has 4 rings (SSSR count). The van der Waals surface area contributed by atoms with Gasteiger partial charge in [-0.15, -0.1) is 11.3 Å². The highest BCUT2D eigenvalue weighted by atomic mass is 32.1. The zero-order valence-electron chi connectivity index (χ0n) is 14.7. The van der Waals surface area contributed by atoms with Crippen LogP contribution in [0.1, 0.15) is 36.9 Å². The van der Waals surface area contributed by atoms with Crippen LogP contribution in [0.25, 0.3) is 22.2 Å². The van der Waals surface area contributed by atoms with Crippen molar-refractivity contribution in [3.63, 3.8) is 0 Å². The topological polar surface area (TPSA) is 118 Å². The summed E-state index contributed by atoms with van der Waals surface area (Å²) in [4.78, 5) is 29.5. The van der Waals surface area contributed by atoms with Crippen molar-refractivity contribution < 1.29 is 9.13 Å². The van der Waals surface area contributed by atoms with Gasteiger partial charge >= 0.3 is 5.69 Å². The van der Waals surface area contributed by atoms with Crippen molar-refractivity contribution in [1.29, 1.82) is 0 Å². The molecule has 1 aliphatic carbocycles. The highest BCUT2D eigenvalue weighted by Gasteiger charge is 2.32. The summed E-state index contributed by atoms with van der Waals surface area (Å²) < 4.78 is 22.4. The van der Waals surface area contributed by atoms with E-state index in [1.165, 1.54) is 23.0 Å². The van der Waals surface area contributed by atoms with E-state index >= 15 is 4.39 Å². The SMILES string of the molecule is COc1c(-c2csc(C(C)N)n2)c(F)cc2c(=O)n(N)c(=O)n(C3CC3)c12. The van der Waals surface area contributed by atoms with Gasteiger partial charge in [-0.3, -0.25) is 9.36 Å². The number of benzene rings is 1. The third kappa shape index (κ3) is 2.63. The van der Waals surface area contributed by atoms with Crippen LogP contribution in [-0.2, 0) is 0 Å². The van der Waals surface area contributed by atoms with Crippen LogP contribution in [0.4, 0.5) is 4.39 Å². The molecule has 0 aliphatic heterocycles. The fraction of sp³-hybridized carbons (Fsp3) is 0.353. The number of thiazole rings is 1. The summed E-state index contributed by atoms with van der Waals surface area (Å²) in [5.41, 5.74) is 5.10. The Kier molecular flexibility index (Phi) is 4.04.